The van der Waals surface area contributed by atoms with E-state index in [9.17, 15) is 9.59 Å². The number of carbonyl (C=O) groups is 1. The van der Waals surface area contributed by atoms with Crippen molar-refractivity contribution in [1.29, 1.82) is 0 Å². The highest BCUT2D eigenvalue weighted by Crippen LogP contribution is 2.07. The van der Waals surface area contributed by atoms with E-state index in [-0.39, 0.29) is 16.9 Å². The average molecular weight is 285 g/mol. The molecular formula is C15H15N3O3. The number of hydrogen-bond acceptors (Lipinski definition) is 4. The van der Waals surface area contributed by atoms with E-state index in [1.165, 1.54) is 29.0 Å². The second kappa shape index (κ2) is 6.51. The number of aryl methyl sites for hydroxylation is 1. The fourth-order valence-electron chi connectivity index (χ4n) is 1.74. The van der Waals surface area contributed by atoms with Crippen LogP contribution in [0.25, 0.3) is 0 Å². The molecule has 2 N–H and O–H groups in total. The van der Waals surface area contributed by atoms with Gasteiger partial charge in [0.15, 0.2) is 0 Å². The first-order valence-electron chi connectivity index (χ1n) is 6.43. The van der Waals surface area contributed by atoms with Crippen molar-refractivity contribution in [3.8, 4) is 5.75 Å². The second-order valence-corrected chi connectivity index (χ2v) is 4.30. The standard InChI is InChI=1S/C15H15N3O3/c1-2-18-9-3-4-13(15(18)21)14(20)17-16-10-11-5-7-12(19)8-6-11/h3-10,19H,2H2,1H3,(H,17,20)/b16-10-. The van der Waals surface area contributed by atoms with E-state index >= 15 is 0 Å². The first kappa shape index (κ1) is 14.5. The number of phenolic OH excluding ortho intramolecular Hbond substituents is 1. The van der Waals surface area contributed by atoms with Gasteiger partial charge in [0.25, 0.3) is 11.5 Å². The lowest BCUT2D eigenvalue weighted by Crippen LogP contribution is -2.30. The lowest BCUT2D eigenvalue weighted by Gasteiger charge is -2.04. The molecule has 0 aliphatic heterocycles. The maximum Gasteiger partial charge on any atom is 0.276 e. The van der Waals surface area contributed by atoms with Gasteiger partial charge in [0.05, 0.1) is 6.21 Å². The van der Waals surface area contributed by atoms with Crippen molar-refractivity contribution in [3.63, 3.8) is 0 Å². The molecule has 0 saturated heterocycles. The topological polar surface area (TPSA) is 83.7 Å². The van der Waals surface area contributed by atoms with Gasteiger partial charge >= 0.3 is 0 Å². The van der Waals surface area contributed by atoms with E-state index in [1.807, 2.05) is 6.92 Å². The molecule has 0 bridgehead atoms. The molecule has 1 aromatic heterocycles. The van der Waals surface area contributed by atoms with Crippen LogP contribution in [0.3, 0.4) is 0 Å². The highest BCUT2D eigenvalue weighted by molar-refractivity contribution is 5.94. The summed E-state index contributed by atoms with van der Waals surface area (Å²) in [5.74, 6) is -0.404. The number of rotatable bonds is 4. The van der Waals surface area contributed by atoms with Crippen molar-refractivity contribution in [3.05, 3.63) is 64.1 Å². The van der Waals surface area contributed by atoms with Gasteiger partial charge < -0.3 is 9.67 Å². The van der Waals surface area contributed by atoms with E-state index in [4.69, 9.17) is 5.11 Å². The van der Waals surface area contributed by atoms with Crippen molar-refractivity contribution in [2.45, 2.75) is 13.5 Å². The number of pyridine rings is 1. The molecular weight excluding hydrogens is 270 g/mol. The van der Waals surface area contributed by atoms with E-state index in [2.05, 4.69) is 10.5 Å². The number of aromatic hydroxyl groups is 1. The Balaban J connectivity index is 2.08. The summed E-state index contributed by atoms with van der Waals surface area (Å²) in [6.45, 7) is 2.32. The zero-order chi connectivity index (χ0) is 15.2. The normalized spacial score (nSPS) is 10.7. The number of phenols is 1. The molecule has 0 fully saturated rings. The molecule has 2 rings (SSSR count). The Morgan fingerprint density at radius 2 is 2.05 bits per heavy atom. The van der Waals surface area contributed by atoms with Crippen molar-refractivity contribution in [2.75, 3.05) is 0 Å². The van der Waals surface area contributed by atoms with E-state index < -0.39 is 5.91 Å². The quantitative estimate of drug-likeness (QED) is 0.656. The first-order chi connectivity index (χ1) is 10.1. The number of benzene rings is 1. The average Bonchev–Trinajstić information content (AvgIpc) is 2.49. The first-order valence-corrected chi connectivity index (χ1v) is 6.43. The Bertz CT molecular complexity index is 718. The number of amides is 1. The molecule has 0 aliphatic carbocycles. The van der Waals surface area contributed by atoms with Crippen LogP contribution in [0, 0.1) is 0 Å². The third-order valence-corrected chi connectivity index (χ3v) is 2.88. The number of hydrazone groups is 1. The van der Waals surface area contributed by atoms with Gasteiger partial charge in [-0.1, -0.05) is 0 Å². The summed E-state index contributed by atoms with van der Waals surface area (Å²) in [4.78, 5) is 23.8. The number of nitrogens with zero attached hydrogens (tertiary/aromatic N) is 2. The van der Waals surface area contributed by atoms with Crippen molar-refractivity contribution in [2.24, 2.45) is 5.10 Å². The fourth-order valence-corrected chi connectivity index (χ4v) is 1.74. The van der Waals surface area contributed by atoms with Crippen LogP contribution in [0.2, 0.25) is 0 Å². The third-order valence-electron chi connectivity index (χ3n) is 2.88. The molecule has 0 saturated carbocycles. The van der Waals surface area contributed by atoms with Gasteiger partial charge in [-0.25, -0.2) is 5.43 Å². The monoisotopic (exact) mass is 285 g/mol. The van der Waals surface area contributed by atoms with Crippen LogP contribution in [0.15, 0.2) is 52.5 Å². The Morgan fingerprint density at radius 3 is 2.71 bits per heavy atom. The predicted molar refractivity (Wildman–Crippen MR) is 79.5 cm³/mol. The number of hydrogen-bond donors (Lipinski definition) is 2. The zero-order valence-electron chi connectivity index (χ0n) is 11.5. The summed E-state index contributed by atoms with van der Waals surface area (Å²) in [5.41, 5.74) is 2.72. The summed E-state index contributed by atoms with van der Waals surface area (Å²) in [6, 6.07) is 9.43. The molecule has 21 heavy (non-hydrogen) atoms. The highest BCUT2D eigenvalue weighted by atomic mass is 16.3. The molecule has 1 aromatic carbocycles. The largest absolute Gasteiger partial charge is 0.508 e. The van der Waals surface area contributed by atoms with E-state index in [0.717, 1.165) is 0 Å². The Hall–Kier alpha value is -2.89. The Morgan fingerprint density at radius 1 is 1.33 bits per heavy atom. The van der Waals surface area contributed by atoms with Gasteiger partial charge in [-0.3, -0.25) is 9.59 Å². The molecule has 0 atom stereocenters. The molecule has 2 aromatic rings. The maximum absolute atomic E-state index is 11.9. The molecule has 108 valence electrons. The van der Waals surface area contributed by atoms with Crippen LogP contribution < -0.4 is 11.0 Å². The van der Waals surface area contributed by atoms with Gasteiger partial charge in [-0.15, -0.1) is 0 Å². The molecule has 0 unspecified atom stereocenters. The van der Waals surface area contributed by atoms with Gasteiger partial charge in [0.2, 0.25) is 0 Å². The van der Waals surface area contributed by atoms with Crippen molar-refractivity contribution >= 4 is 12.1 Å². The molecule has 1 amide bonds. The summed E-state index contributed by atoms with van der Waals surface area (Å²) >= 11 is 0. The summed E-state index contributed by atoms with van der Waals surface area (Å²) in [6.07, 6.45) is 3.05. The third kappa shape index (κ3) is 3.56. The van der Waals surface area contributed by atoms with Crippen LogP contribution in [-0.2, 0) is 6.54 Å². The van der Waals surface area contributed by atoms with Crippen LogP contribution in [-0.4, -0.2) is 21.8 Å². The maximum atomic E-state index is 11.9. The second-order valence-electron chi connectivity index (χ2n) is 4.30. The van der Waals surface area contributed by atoms with Gasteiger partial charge in [-0.05, 0) is 48.9 Å². The SMILES string of the molecule is CCn1cccc(C(=O)N/N=C\c2ccc(O)cc2)c1=O. The summed E-state index contributed by atoms with van der Waals surface area (Å²) in [7, 11) is 0. The molecule has 1 heterocycles. The zero-order valence-corrected chi connectivity index (χ0v) is 11.5. The van der Waals surface area contributed by atoms with E-state index in [0.29, 0.717) is 12.1 Å². The van der Waals surface area contributed by atoms with Crippen LogP contribution in [0.1, 0.15) is 22.8 Å². The van der Waals surface area contributed by atoms with Gasteiger partial charge in [0.1, 0.15) is 11.3 Å². The van der Waals surface area contributed by atoms with Crippen LogP contribution in [0.5, 0.6) is 5.75 Å². The highest BCUT2D eigenvalue weighted by Gasteiger charge is 2.10. The van der Waals surface area contributed by atoms with E-state index in [1.54, 1.807) is 24.4 Å². The number of carbonyl (C=O) groups excluding carboxylic acids is 1. The van der Waals surface area contributed by atoms with Crippen LogP contribution in [0.4, 0.5) is 0 Å². The summed E-state index contributed by atoms with van der Waals surface area (Å²) in [5, 5.41) is 12.9. The smallest absolute Gasteiger partial charge is 0.276 e. The molecule has 6 nitrogen and oxygen atoms in total. The van der Waals surface area contributed by atoms with Gasteiger partial charge in [0, 0.05) is 12.7 Å². The van der Waals surface area contributed by atoms with Crippen molar-refractivity contribution in [1.82, 2.24) is 9.99 Å². The summed E-state index contributed by atoms with van der Waals surface area (Å²) < 4.78 is 1.44. The molecule has 0 radical (unpaired) electrons. The predicted octanol–water partition coefficient (Wildman–Crippen LogP) is 1.34. The molecule has 0 aliphatic rings. The Labute approximate surface area is 121 Å². The van der Waals surface area contributed by atoms with Crippen LogP contribution >= 0.6 is 0 Å². The van der Waals surface area contributed by atoms with Crippen molar-refractivity contribution < 1.29 is 9.90 Å². The Kier molecular flexibility index (Phi) is 4.50. The molecule has 6 heteroatoms. The van der Waals surface area contributed by atoms with Gasteiger partial charge in [-0.2, -0.15) is 5.10 Å². The minimum absolute atomic E-state index is 0.0437. The minimum atomic E-state index is -0.558. The lowest BCUT2D eigenvalue weighted by molar-refractivity contribution is 0.0953. The lowest BCUT2D eigenvalue weighted by atomic mass is 10.2. The number of aromatic nitrogens is 1. The number of nitrogens with one attached hydrogen (secondary N) is 1. The fraction of sp³-hybridized carbons (Fsp3) is 0.133. The minimum Gasteiger partial charge on any atom is -0.508 e. The molecule has 0 spiro atoms.